The number of rotatable bonds is 5. The van der Waals surface area contributed by atoms with Crippen LogP contribution in [0.25, 0.3) is 0 Å². The number of ketones is 1. The third kappa shape index (κ3) is 3.62. The van der Waals surface area contributed by atoms with Crippen LogP contribution in [0.3, 0.4) is 0 Å². The maximum Gasteiger partial charge on any atom is 0.136 e. The second-order valence-electron chi connectivity index (χ2n) is 6.27. The molecule has 0 aromatic rings. The number of Topliss-reactive ketones (excluding diaryl/α,β-unsaturated/α-hetero) is 1. The largest absolute Gasteiger partial charge is 0.392 e. The van der Waals surface area contributed by atoms with E-state index in [0.29, 0.717) is 25.0 Å². The Kier molecular flexibility index (Phi) is 5.63. The molecule has 0 saturated heterocycles. The average molecular weight is 278 g/mol. The van der Waals surface area contributed by atoms with Crippen molar-refractivity contribution in [3.8, 4) is 11.8 Å². The molecule has 0 heterocycles. The Labute approximate surface area is 121 Å². The molecule has 5 atom stereocenters. The quantitative estimate of drug-likeness (QED) is 0.599. The molecular weight excluding hydrogens is 252 g/mol. The van der Waals surface area contributed by atoms with Crippen molar-refractivity contribution >= 4 is 5.78 Å². The van der Waals surface area contributed by atoms with E-state index in [4.69, 9.17) is 0 Å². The molecule has 3 heteroatoms. The van der Waals surface area contributed by atoms with Gasteiger partial charge in [-0.15, -0.1) is 0 Å². The maximum absolute atomic E-state index is 11.5. The van der Waals surface area contributed by atoms with Crippen molar-refractivity contribution in [1.29, 1.82) is 0 Å². The van der Waals surface area contributed by atoms with Crippen molar-refractivity contribution in [3.63, 3.8) is 0 Å². The van der Waals surface area contributed by atoms with Crippen LogP contribution in [-0.2, 0) is 4.79 Å². The van der Waals surface area contributed by atoms with Crippen LogP contribution in [0.1, 0.15) is 58.3 Å². The minimum absolute atomic E-state index is 0.114. The van der Waals surface area contributed by atoms with Crippen molar-refractivity contribution in [2.45, 2.75) is 70.5 Å². The van der Waals surface area contributed by atoms with Crippen molar-refractivity contribution in [2.75, 3.05) is 0 Å². The van der Waals surface area contributed by atoms with Gasteiger partial charge in [0.25, 0.3) is 0 Å². The highest BCUT2D eigenvalue weighted by Crippen LogP contribution is 2.45. The smallest absolute Gasteiger partial charge is 0.136 e. The number of hydrogen-bond donors (Lipinski definition) is 2. The molecule has 2 rings (SSSR count). The summed E-state index contributed by atoms with van der Waals surface area (Å²) in [5, 5.41) is 19.9. The Morgan fingerprint density at radius 1 is 1.30 bits per heavy atom. The number of carbonyl (C=O) groups is 1. The summed E-state index contributed by atoms with van der Waals surface area (Å²) in [6, 6.07) is 0. The van der Waals surface area contributed by atoms with E-state index in [2.05, 4.69) is 18.8 Å². The molecule has 0 radical (unpaired) electrons. The summed E-state index contributed by atoms with van der Waals surface area (Å²) in [5.41, 5.74) is 0. The van der Waals surface area contributed by atoms with E-state index in [1.165, 1.54) is 12.8 Å². The van der Waals surface area contributed by atoms with Gasteiger partial charge in [0.1, 0.15) is 11.9 Å². The number of aliphatic hydroxyl groups excluding tert-OH is 2. The molecule has 3 nitrogen and oxygen atoms in total. The SMILES string of the molecule is CCCCCC[C@H](O)C#C[C@@H]1[C@H]2CC(=O)[C@H]2CC[C@H]1O. The van der Waals surface area contributed by atoms with Gasteiger partial charge in [0.2, 0.25) is 0 Å². The molecule has 2 aliphatic rings. The van der Waals surface area contributed by atoms with Gasteiger partial charge < -0.3 is 10.2 Å². The zero-order chi connectivity index (χ0) is 14.5. The molecule has 112 valence electrons. The highest BCUT2D eigenvalue weighted by molar-refractivity contribution is 5.87. The van der Waals surface area contributed by atoms with Crippen LogP contribution in [0.4, 0.5) is 0 Å². The Hall–Kier alpha value is -0.850. The number of carbonyl (C=O) groups excluding carboxylic acids is 1. The lowest BCUT2D eigenvalue weighted by Crippen LogP contribution is -2.49. The Bertz CT molecular complexity index is 393. The normalized spacial score (nSPS) is 33.6. The first kappa shape index (κ1) is 15.5. The predicted molar refractivity (Wildman–Crippen MR) is 77.9 cm³/mol. The molecule has 0 unspecified atom stereocenters. The zero-order valence-corrected chi connectivity index (χ0v) is 12.3. The summed E-state index contributed by atoms with van der Waals surface area (Å²) in [6.07, 6.45) is 6.26. The van der Waals surface area contributed by atoms with Crippen LogP contribution < -0.4 is 0 Å². The molecule has 0 spiro atoms. The monoisotopic (exact) mass is 278 g/mol. The maximum atomic E-state index is 11.5. The number of aliphatic hydroxyl groups is 2. The standard InChI is InChI=1S/C17H26O3/c1-2-3-4-5-6-12(18)7-8-13-15-11-17(20)14(15)9-10-16(13)19/h12-16,18-19H,2-6,9-11H2,1H3/t12-,13+,14-,15+,16+/m0/s1. The molecular formula is C17H26O3. The summed E-state index contributed by atoms with van der Waals surface area (Å²) in [4.78, 5) is 11.5. The van der Waals surface area contributed by atoms with Gasteiger partial charge in [-0.25, -0.2) is 0 Å². The van der Waals surface area contributed by atoms with Crippen LogP contribution in [0, 0.1) is 29.6 Å². The number of fused-ring (bicyclic) bond motifs is 1. The lowest BCUT2D eigenvalue weighted by atomic mass is 9.59. The molecule has 0 aromatic carbocycles. The number of unbranched alkanes of at least 4 members (excludes halogenated alkanes) is 3. The summed E-state index contributed by atoms with van der Waals surface area (Å²) in [6.45, 7) is 2.16. The topological polar surface area (TPSA) is 57.5 Å². The van der Waals surface area contributed by atoms with Crippen LogP contribution in [0.15, 0.2) is 0 Å². The molecule has 2 fully saturated rings. The molecule has 20 heavy (non-hydrogen) atoms. The second kappa shape index (κ2) is 7.24. The van der Waals surface area contributed by atoms with E-state index in [1.807, 2.05) is 0 Å². The van der Waals surface area contributed by atoms with Crippen LogP contribution in [-0.4, -0.2) is 28.2 Å². The van der Waals surface area contributed by atoms with Gasteiger partial charge in [-0.05, 0) is 31.6 Å². The van der Waals surface area contributed by atoms with E-state index in [-0.39, 0.29) is 17.8 Å². The van der Waals surface area contributed by atoms with E-state index in [1.54, 1.807) is 0 Å². The lowest BCUT2D eigenvalue weighted by Gasteiger charge is -2.44. The molecule has 2 saturated carbocycles. The van der Waals surface area contributed by atoms with Gasteiger partial charge in [0, 0.05) is 12.3 Å². The van der Waals surface area contributed by atoms with Crippen molar-refractivity contribution < 1.29 is 15.0 Å². The lowest BCUT2D eigenvalue weighted by molar-refractivity contribution is -0.141. The van der Waals surface area contributed by atoms with Crippen LogP contribution in [0.2, 0.25) is 0 Å². The molecule has 0 aromatic heterocycles. The minimum atomic E-state index is -0.588. The third-order valence-corrected chi connectivity index (χ3v) is 4.76. The summed E-state index contributed by atoms with van der Waals surface area (Å²) in [5.74, 6) is 6.52. The first-order valence-corrected chi connectivity index (χ1v) is 8.03. The van der Waals surface area contributed by atoms with Crippen LogP contribution >= 0.6 is 0 Å². The highest BCUT2D eigenvalue weighted by atomic mass is 16.3. The Morgan fingerprint density at radius 2 is 2.10 bits per heavy atom. The van der Waals surface area contributed by atoms with Gasteiger partial charge >= 0.3 is 0 Å². The van der Waals surface area contributed by atoms with Crippen molar-refractivity contribution in [3.05, 3.63) is 0 Å². The molecule has 0 amide bonds. The fraction of sp³-hybridized carbons (Fsp3) is 0.824. The summed E-state index contributed by atoms with van der Waals surface area (Å²) >= 11 is 0. The van der Waals surface area contributed by atoms with E-state index < -0.39 is 12.2 Å². The van der Waals surface area contributed by atoms with Crippen molar-refractivity contribution in [2.24, 2.45) is 17.8 Å². The van der Waals surface area contributed by atoms with Gasteiger partial charge in [-0.3, -0.25) is 4.79 Å². The molecule has 0 bridgehead atoms. The average Bonchev–Trinajstić information content (AvgIpc) is 2.42. The fourth-order valence-corrected chi connectivity index (χ4v) is 3.40. The van der Waals surface area contributed by atoms with E-state index in [9.17, 15) is 15.0 Å². The molecule has 0 aliphatic heterocycles. The highest BCUT2D eigenvalue weighted by Gasteiger charge is 2.48. The third-order valence-electron chi connectivity index (χ3n) is 4.76. The van der Waals surface area contributed by atoms with E-state index >= 15 is 0 Å². The second-order valence-corrected chi connectivity index (χ2v) is 6.27. The summed E-state index contributed by atoms with van der Waals surface area (Å²) < 4.78 is 0. The van der Waals surface area contributed by atoms with Gasteiger partial charge in [0.15, 0.2) is 0 Å². The van der Waals surface area contributed by atoms with Gasteiger partial charge in [-0.1, -0.05) is 38.0 Å². The van der Waals surface area contributed by atoms with Gasteiger partial charge in [0.05, 0.1) is 12.0 Å². The summed E-state index contributed by atoms with van der Waals surface area (Å²) in [7, 11) is 0. The minimum Gasteiger partial charge on any atom is -0.392 e. The first-order chi connectivity index (χ1) is 9.63. The van der Waals surface area contributed by atoms with Gasteiger partial charge in [-0.2, -0.15) is 0 Å². The number of hydrogen-bond acceptors (Lipinski definition) is 3. The molecule has 2 N–H and O–H groups in total. The zero-order valence-electron chi connectivity index (χ0n) is 12.3. The Morgan fingerprint density at radius 3 is 2.80 bits per heavy atom. The Balaban J connectivity index is 1.82. The van der Waals surface area contributed by atoms with Crippen LogP contribution in [0.5, 0.6) is 0 Å². The first-order valence-electron chi connectivity index (χ1n) is 8.03. The predicted octanol–water partition coefficient (Wildman–Crippen LogP) is 2.30. The fourth-order valence-electron chi connectivity index (χ4n) is 3.40. The van der Waals surface area contributed by atoms with E-state index in [0.717, 1.165) is 19.3 Å². The van der Waals surface area contributed by atoms with Crippen molar-refractivity contribution in [1.82, 2.24) is 0 Å². The molecule has 2 aliphatic carbocycles.